The summed E-state index contributed by atoms with van der Waals surface area (Å²) in [6, 6.07) is 6.04. The molecule has 1 heterocycles. The van der Waals surface area contributed by atoms with E-state index >= 15 is 0 Å². The first-order valence-corrected chi connectivity index (χ1v) is 7.56. The molecule has 2 nitrogen and oxygen atoms in total. The third-order valence-electron chi connectivity index (χ3n) is 4.05. The van der Waals surface area contributed by atoms with Gasteiger partial charge >= 0.3 is 0 Å². The van der Waals surface area contributed by atoms with Crippen LogP contribution in [0.2, 0.25) is 0 Å². The minimum atomic E-state index is -0.483. The fraction of sp³-hybridized carbons (Fsp3) is 0.625. The summed E-state index contributed by atoms with van der Waals surface area (Å²) in [5, 5.41) is 10.7. The second-order valence-electron chi connectivity index (χ2n) is 6.73. The molecule has 0 spiro atoms. The van der Waals surface area contributed by atoms with Gasteiger partial charge in [-0.1, -0.05) is 28.1 Å². The van der Waals surface area contributed by atoms with Crippen LogP contribution in [0, 0.1) is 12.8 Å². The van der Waals surface area contributed by atoms with Crippen LogP contribution in [-0.4, -0.2) is 16.3 Å². The molecule has 1 saturated heterocycles. The Morgan fingerprint density at radius 2 is 1.95 bits per heavy atom. The van der Waals surface area contributed by atoms with E-state index in [-0.39, 0.29) is 17.1 Å². The van der Waals surface area contributed by atoms with Crippen molar-refractivity contribution in [3.8, 4) is 0 Å². The summed E-state index contributed by atoms with van der Waals surface area (Å²) in [7, 11) is 0. The Morgan fingerprint density at radius 1 is 1.32 bits per heavy atom. The number of halogens is 1. The number of rotatable bonds is 2. The lowest BCUT2D eigenvalue weighted by Gasteiger charge is -2.30. The topological polar surface area (TPSA) is 29.5 Å². The number of benzene rings is 1. The Bertz CT molecular complexity index is 480. The van der Waals surface area contributed by atoms with E-state index in [4.69, 9.17) is 4.74 Å². The summed E-state index contributed by atoms with van der Waals surface area (Å²) in [5.74, 6) is 0.114. The van der Waals surface area contributed by atoms with Gasteiger partial charge in [0.2, 0.25) is 0 Å². The largest absolute Gasteiger partial charge is 0.388 e. The van der Waals surface area contributed by atoms with Gasteiger partial charge in [-0.05, 0) is 58.2 Å². The first-order chi connectivity index (χ1) is 8.62. The van der Waals surface area contributed by atoms with Gasteiger partial charge in [0.1, 0.15) is 0 Å². The second-order valence-corrected chi connectivity index (χ2v) is 7.58. The molecule has 2 rings (SSSR count). The zero-order chi connectivity index (χ0) is 14.4. The Labute approximate surface area is 124 Å². The summed E-state index contributed by atoms with van der Waals surface area (Å²) in [5.41, 5.74) is 1.65. The zero-order valence-corrected chi connectivity index (χ0v) is 13.9. The summed E-state index contributed by atoms with van der Waals surface area (Å²) >= 11 is 3.50. The second kappa shape index (κ2) is 4.87. The Morgan fingerprint density at radius 3 is 2.42 bits per heavy atom. The van der Waals surface area contributed by atoms with Crippen molar-refractivity contribution in [1.82, 2.24) is 0 Å². The lowest BCUT2D eigenvalue weighted by Crippen LogP contribution is -2.32. The molecule has 2 atom stereocenters. The van der Waals surface area contributed by atoms with Gasteiger partial charge < -0.3 is 9.84 Å². The van der Waals surface area contributed by atoms with E-state index in [1.807, 2.05) is 19.1 Å². The molecule has 0 aromatic heterocycles. The van der Waals surface area contributed by atoms with Crippen molar-refractivity contribution in [1.29, 1.82) is 0 Å². The fourth-order valence-corrected chi connectivity index (χ4v) is 3.43. The molecule has 0 radical (unpaired) electrons. The van der Waals surface area contributed by atoms with Gasteiger partial charge in [0.15, 0.2) is 0 Å². The number of hydrogen-bond donors (Lipinski definition) is 1. The first-order valence-electron chi connectivity index (χ1n) is 6.77. The average Bonchev–Trinajstić information content (AvgIpc) is 2.49. The molecule has 1 aliphatic rings. The van der Waals surface area contributed by atoms with Crippen molar-refractivity contribution in [3.05, 3.63) is 33.8 Å². The molecule has 0 bridgehead atoms. The van der Waals surface area contributed by atoms with Crippen LogP contribution in [0.25, 0.3) is 0 Å². The monoisotopic (exact) mass is 326 g/mol. The lowest BCUT2D eigenvalue weighted by atomic mass is 9.80. The van der Waals surface area contributed by atoms with Crippen LogP contribution < -0.4 is 0 Å². The van der Waals surface area contributed by atoms with Crippen LogP contribution in [0.4, 0.5) is 0 Å². The molecule has 106 valence electrons. The Hall–Kier alpha value is -0.380. The van der Waals surface area contributed by atoms with Gasteiger partial charge in [-0.3, -0.25) is 0 Å². The highest BCUT2D eigenvalue weighted by Gasteiger charge is 2.49. The van der Waals surface area contributed by atoms with Gasteiger partial charge in [0, 0.05) is 10.4 Å². The standard InChI is InChI=1S/C16H23BrO2/c1-10-8-11(6-7-13(10)17)14(18)12-9-15(2,3)19-16(12,4)5/h6-8,12,14,18H,9H2,1-5H3. The molecule has 1 aliphatic heterocycles. The molecule has 0 aliphatic carbocycles. The lowest BCUT2D eigenvalue weighted by molar-refractivity contribution is -0.0880. The molecule has 1 aromatic rings. The summed E-state index contributed by atoms with van der Waals surface area (Å²) in [6.45, 7) is 10.4. The highest BCUT2D eigenvalue weighted by Crippen LogP contribution is 2.47. The average molecular weight is 327 g/mol. The summed E-state index contributed by atoms with van der Waals surface area (Å²) < 4.78 is 7.15. The van der Waals surface area contributed by atoms with Crippen LogP contribution in [0.3, 0.4) is 0 Å². The van der Waals surface area contributed by atoms with E-state index < -0.39 is 6.10 Å². The first kappa shape index (κ1) is 15.0. The van der Waals surface area contributed by atoms with E-state index in [1.54, 1.807) is 0 Å². The molecule has 1 N–H and O–H groups in total. The van der Waals surface area contributed by atoms with Crippen molar-refractivity contribution in [2.45, 2.75) is 58.3 Å². The molecule has 1 fully saturated rings. The van der Waals surface area contributed by atoms with Crippen LogP contribution in [0.15, 0.2) is 22.7 Å². The van der Waals surface area contributed by atoms with Gasteiger partial charge in [-0.2, -0.15) is 0 Å². The molecule has 3 heteroatoms. The van der Waals surface area contributed by atoms with E-state index in [2.05, 4.69) is 49.7 Å². The van der Waals surface area contributed by atoms with Crippen molar-refractivity contribution in [2.75, 3.05) is 0 Å². The molecule has 1 aromatic carbocycles. The maximum absolute atomic E-state index is 10.7. The fourth-order valence-electron chi connectivity index (χ4n) is 3.18. The maximum Gasteiger partial charge on any atom is 0.0846 e. The third kappa shape index (κ3) is 3.04. The van der Waals surface area contributed by atoms with Crippen LogP contribution >= 0.6 is 15.9 Å². The number of aliphatic hydroxyl groups is 1. The maximum atomic E-state index is 10.7. The van der Waals surface area contributed by atoms with E-state index in [0.717, 1.165) is 22.0 Å². The van der Waals surface area contributed by atoms with Crippen molar-refractivity contribution in [3.63, 3.8) is 0 Å². The predicted octanol–water partition coefficient (Wildman–Crippen LogP) is 4.38. The van der Waals surface area contributed by atoms with E-state index in [9.17, 15) is 5.11 Å². The van der Waals surface area contributed by atoms with Gasteiger partial charge in [0.05, 0.1) is 17.3 Å². The van der Waals surface area contributed by atoms with Gasteiger partial charge in [-0.15, -0.1) is 0 Å². The Balaban J connectivity index is 2.28. The molecular formula is C16H23BrO2. The van der Waals surface area contributed by atoms with Gasteiger partial charge in [-0.25, -0.2) is 0 Å². The predicted molar refractivity (Wildman–Crippen MR) is 81.2 cm³/mol. The quantitative estimate of drug-likeness (QED) is 0.873. The van der Waals surface area contributed by atoms with E-state index in [1.165, 1.54) is 0 Å². The van der Waals surface area contributed by atoms with Crippen LogP contribution in [0.1, 0.15) is 51.3 Å². The summed E-state index contributed by atoms with van der Waals surface area (Å²) in [6.07, 6.45) is 0.389. The number of aliphatic hydroxyl groups excluding tert-OH is 1. The highest BCUT2D eigenvalue weighted by atomic mass is 79.9. The van der Waals surface area contributed by atoms with Gasteiger partial charge in [0.25, 0.3) is 0 Å². The SMILES string of the molecule is Cc1cc(C(O)C2CC(C)(C)OC2(C)C)ccc1Br. The van der Waals surface area contributed by atoms with E-state index in [0.29, 0.717) is 0 Å². The van der Waals surface area contributed by atoms with Crippen LogP contribution in [0.5, 0.6) is 0 Å². The molecule has 0 saturated carbocycles. The molecule has 19 heavy (non-hydrogen) atoms. The number of aryl methyl sites for hydroxylation is 1. The normalized spacial score (nSPS) is 26.4. The number of ether oxygens (including phenoxy) is 1. The minimum absolute atomic E-state index is 0.114. The highest BCUT2D eigenvalue weighted by molar-refractivity contribution is 9.10. The summed E-state index contributed by atoms with van der Waals surface area (Å²) in [4.78, 5) is 0. The van der Waals surface area contributed by atoms with Crippen LogP contribution in [-0.2, 0) is 4.74 Å². The molecule has 2 unspecified atom stereocenters. The number of hydrogen-bond acceptors (Lipinski definition) is 2. The Kier molecular flexibility index (Phi) is 3.85. The zero-order valence-electron chi connectivity index (χ0n) is 12.3. The van der Waals surface area contributed by atoms with Crippen molar-refractivity contribution < 1.29 is 9.84 Å². The molecule has 0 amide bonds. The molecular weight excluding hydrogens is 304 g/mol. The van der Waals surface area contributed by atoms with Crippen molar-refractivity contribution >= 4 is 15.9 Å². The smallest absolute Gasteiger partial charge is 0.0846 e. The minimum Gasteiger partial charge on any atom is -0.388 e. The third-order valence-corrected chi connectivity index (χ3v) is 4.94. The van der Waals surface area contributed by atoms with Crippen molar-refractivity contribution in [2.24, 2.45) is 5.92 Å².